The number of benzene rings is 2. The summed E-state index contributed by atoms with van der Waals surface area (Å²) in [6.45, 7) is 4.00. The Morgan fingerprint density at radius 3 is 2.32 bits per heavy atom. The lowest BCUT2D eigenvalue weighted by Gasteiger charge is -2.18. The normalized spacial score (nSPS) is 12.3. The van der Waals surface area contributed by atoms with Crippen molar-refractivity contribution in [3.8, 4) is 5.75 Å². The number of aliphatic hydroxyl groups is 1. The zero-order chi connectivity index (χ0) is 14.0. The molecule has 1 N–H and O–H groups in total. The number of halogens is 1. The first-order valence-electron chi connectivity index (χ1n) is 6.12. The van der Waals surface area contributed by atoms with Crippen LogP contribution in [0.2, 0.25) is 5.02 Å². The van der Waals surface area contributed by atoms with Gasteiger partial charge in [0.25, 0.3) is 0 Å². The van der Waals surface area contributed by atoms with E-state index in [-0.39, 0.29) is 0 Å². The standard InChI is InChI=1S/C16H17ClO2/c1-10-5-4-6-11(2)15(10)16(18)12-7-8-13(17)14(9-12)19-3/h4-9,16,18H,1-3H3. The summed E-state index contributed by atoms with van der Waals surface area (Å²) in [6.07, 6.45) is -0.674. The van der Waals surface area contributed by atoms with Gasteiger partial charge >= 0.3 is 0 Å². The van der Waals surface area contributed by atoms with Crippen LogP contribution >= 0.6 is 11.6 Å². The van der Waals surface area contributed by atoms with Crippen LogP contribution in [0, 0.1) is 13.8 Å². The van der Waals surface area contributed by atoms with Gasteiger partial charge in [0.05, 0.1) is 12.1 Å². The fraction of sp³-hybridized carbons (Fsp3) is 0.250. The van der Waals surface area contributed by atoms with Gasteiger partial charge in [0.15, 0.2) is 0 Å². The van der Waals surface area contributed by atoms with E-state index in [0.717, 1.165) is 22.3 Å². The maximum Gasteiger partial charge on any atom is 0.137 e. The Morgan fingerprint density at radius 1 is 1.11 bits per heavy atom. The molecule has 3 heteroatoms. The molecule has 19 heavy (non-hydrogen) atoms. The molecule has 1 atom stereocenters. The van der Waals surface area contributed by atoms with E-state index in [1.54, 1.807) is 19.2 Å². The number of aliphatic hydroxyl groups excluding tert-OH is 1. The minimum absolute atomic E-state index is 0.542. The Bertz CT molecular complexity index is 573. The molecule has 0 aliphatic rings. The molecule has 0 aromatic heterocycles. The molecule has 0 saturated carbocycles. The van der Waals surface area contributed by atoms with Crippen molar-refractivity contribution in [3.05, 3.63) is 63.7 Å². The summed E-state index contributed by atoms with van der Waals surface area (Å²) in [5, 5.41) is 11.1. The van der Waals surface area contributed by atoms with Gasteiger partial charge in [0.1, 0.15) is 11.9 Å². The van der Waals surface area contributed by atoms with E-state index in [1.165, 1.54) is 0 Å². The van der Waals surface area contributed by atoms with Crippen LogP contribution in [-0.4, -0.2) is 12.2 Å². The summed E-state index contributed by atoms with van der Waals surface area (Å²) in [7, 11) is 1.57. The Kier molecular flexibility index (Phi) is 4.13. The van der Waals surface area contributed by atoms with Gasteiger partial charge in [-0.2, -0.15) is 0 Å². The van der Waals surface area contributed by atoms with E-state index in [1.807, 2.05) is 38.1 Å². The van der Waals surface area contributed by atoms with Gasteiger partial charge in [-0.1, -0.05) is 35.9 Å². The number of rotatable bonds is 3. The molecule has 100 valence electrons. The molecule has 0 aliphatic carbocycles. The molecule has 0 radical (unpaired) electrons. The first kappa shape index (κ1) is 13.9. The van der Waals surface area contributed by atoms with Crippen LogP contribution in [0.3, 0.4) is 0 Å². The van der Waals surface area contributed by atoms with E-state index in [4.69, 9.17) is 16.3 Å². The molecule has 2 rings (SSSR count). The summed E-state index contributed by atoms with van der Waals surface area (Å²) in [6, 6.07) is 11.3. The molecule has 0 saturated heterocycles. The molecule has 2 aromatic rings. The van der Waals surface area contributed by atoms with Gasteiger partial charge in [0.2, 0.25) is 0 Å². The lowest BCUT2D eigenvalue weighted by atomic mass is 9.93. The summed E-state index contributed by atoms with van der Waals surface area (Å²) >= 11 is 6.00. The minimum Gasteiger partial charge on any atom is -0.495 e. The summed E-state index contributed by atoms with van der Waals surface area (Å²) in [5.41, 5.74) is 3.85. The average Bonchev–Trinajstić information content (AvgIpc) is 2.39. The van der Waals surface area contributed by atoms with Crippen molar-refractivity contribution in [2.24, 2.45) is 0 Å². The van der Waals surface area contributed by atoms with Crippen molar-refractivity contribution in [2.75, 3.05) is 7.11 Å². The van der Waals surface area contributed by atoms with Gasteiger partial charge in [-0.25, -0.2) is 0 Å². The number of hydrogen-bond acceptors (Lipinski definition) is 2. The highest BCUT2D eigenvalue weighted by Gasteiger charge is 2.16. The van der Waals surface area contributed by atoms with Gasteiger partial charge in [-0.15, -0.1) is 0 Å². The van der Waals surface area contributed by atoms with Crippen molar-refractivity contribution >= 4 is 11.6 Å². The maximum absolute atomic E-state index is 10.6. The fourth-order valence-electron chi connectivity index (χ4n) is 2.27. The lowest BCUT2D eigenvalue weighted by molar-refractivity contribution is 0.218. The Labute approximate surface area is 118 Å². The van der Waals surface area contributed by atoms with Crippen molar-refractivity contribution in [2.45, 2.75) is 20.0 Å². The van der Waals surface area contributed by atoms with E-state index >= 15 is 0 Å². The Morgan fingerprint density at radius 2 is 1.74 bits per heavy atom. The van der Waals surface area contributed by atoms with Gasteiger partial charge in [-0.3, -0.25) is 0 Å². The van der Waals surface area contributed by atoms with Crippen LogP contribution in [0.25, 0.3) is 0 Å². The van der Waals surface area contributed by atoms with E-state index in [9.17, 15) is 5.11 Å². The van der Waals surface area contributed by atoms with Crippen molar-refractivity contribution < 1.29 is 9.84 Å². The highest BCUT2D eigenvalue weighted by Crippen LogP contribution is 2.32. The second kappa shape index (κ2) is 5.64. The number of methoxy groups -OCH3 is 1. The van der Waals surface area contributed by atoms with Crippen LogP contribution in [0.15, 0.2) is 36.4 Å². The van der Waals surface area contributed by atoms with Crippen LogP contribution < -0.4 is 4.74 Å². The zero-order valence-electron chi connectivity index (χ0n) is 11.3. The van der Waals surface area contributed by atoms with Crippen molar-refractivity contribution in [1.29, 1.82) is 0 Å². The molecule has 2 nitrogen and oxygen atoms in total. The first-order chi connectivity index (χ1) is 9.04. The lowest BCUT2D eigenvalue weighted by Crippen LogP contribution is -2.04. The zero-order valence-corrected chi connectivity index (χ0v) is 12.0. The average molecular weight is 277 g/mol. The van der Waals surface area contributed by atoms with Gasteiger partial charge in [0, 0.05) is 0 Å². The molecular weight excluding hydrogens is 260 g/mol. The molecule has 0 fully saturated rings. The van der Waals surface area contributed by atoms with Crippen molar-refractivity contribution in [1.82, 2.24) is 0 Å². The minimum atomic E-state index is -0.674. The molecule has 1 unspecified atom stereocenters. The molecule has 0 bridgehead atoms. The predicted molar refractivity (Wildman–Crippen MR) is 78.0 cm³/mol. The summed E-state index contributed by atoms with van der Waals surface area (Å²) in [4.78, 5) is 0. The van der Waals surface area contributed by atoms with Gasteiger partial charge in [-0.05, 0) is 48.2 Å². The Hall–Kier alpha value is -1.51. The predicted octanol–water partition coefficient (Wildman–Crippen LogP) is 4.05. The molecule has 0 amide bonds. The number of hydrogen-bond donors (Lipinski definition) is 1. The maximum atomic E-state index is 10.6. The highest BCUT2D eigenvalue weighted by molar-refractivity contribution is 6.32. The molecule has 2 aromatic carbocycles. The molecule has 0 spiro atoms. The smallest absolute Gasteiger partial charge is 0.137 e. The third-order valence-electron chi connectivity index (χ3n) is 3.31. The topological polar surface area (TPSA) is 29.5 Å². The van der Waals surface area contributed by atoms with E-state index < -0.39 is 6.10 Å². The molecular formula is C16H17ClO2. The van der Waals surface area contributed by atoms with Crippen molar-refractivity contribution in [3.63, 3.8) is 0 Å². The number of ether oxygens (including phenoxy) is 1. The second-order valence-electron chi connectivity index (χ2n) is 4.60. The summed E-state index contributed by atoms with van der Waals surface area (Å²) < 4.78 is 5.19. The SMILES string of the molecule is COc1cc(C(O)c2c(C)cccc2C)ccc1Cl. The highest BCUT2D eigenvalue weighted by atomic mass is 35.5. The molecule has 0 aliphatic heterocycles. The number of aryl methyl sites for hydroxylation is 2. The van der Waals surface area contributed by atoms with Crippen LogP contribution in [0.1, 0.15) is 28.4 Å². The first-order valence-corrected chi connectivity index (χ1v) is 6.50. The van der Waals surface area contributed by atoms with Crippen LogP contribution in [-0.2, 0) is 0 Å². The monoisotopic (exact) mass is 276 g/mol. The van der Waals surface area contributed by atoms with Gasteiger partial charge < -0.3 is 9.84 Å². The van der Waals surface area contributed by atoms with Crippen LogP contribution in [0.4, 0.5) is 0 Å². The second-order valence-corrected chi connectivity index (χ2v) is 5.01. The van der Waals surface area contributed by atoms with Crippen LogP contribution in [0.5, 0.6) is 5.75 Å². The quantitative estimate of drug-likeness (QED) is 0.916. The third-order valence-corrected chi connectivity index (χ3v) is 3.62. The largest absolute Gasteiger partial charge is 0.495 e. The summed E-state index contributed by atoms with van der Waals surface area (Å²) in [5.74, 6) is 0.574. The van der Waals surface area contributed by atoms with E-state index in [0.29, 0.717) is 10.8 Å². The third kappa shape index (κ3) is 2.75. The fourth-order valence-corrected chi connectivity index (χ4v) is 2.47. The van der Waals surface area contributed by atoms with E-state index in [2.05, 4.69) is 0 Å². The molecule has 0 heterocycles. The Balaban J connectivity index is 2.47.